The van der Waals surface area contributed by atoms with Gasteiger partial charge in [0.05, 0.1) is 26.9 Å². The van der Waals surface area contributed by atoms with E-state index in [-0.39, 0.29) is 37.8 Å². The van der Waals surface area contributed by atoms with E-state index in [1.165, 1.54) is 0 Å². The summed E-state index contributed by atoms with van der Waals surface area (Å²) in [5.74, 6) is 50.2. The number of nitrogens with zero attached hydrogens (tertiary/aromatic N) is 2. The molecule has 0 bridgehead atoms. The van der Waals surface area contributed by atoms with Crippen molar-refractivity contribution < 1.29 is 28.0 Å². The van der Waals surface area contributed by atoms with Gasteiger partial charge in [0, 0.05) is 95.8 Å². The van der Waals surface area contributed by atoms with E-state index in [0.717, 1.165) is 66.7 Å². The van der Waals surface area contributed by atoms with Gasteiger partial charge in [0.25, 0.3) is 8.53 Å². The molecule has 77 heavy (non-hydrogen) atoms. The van der Waals surface area contributed by atoms with Crippen molar-refractivity contribution in [3.05, 3.63) is 107 Å². The van der Waals surface area contributed by atoms with Crippen molar-refractivity contribution >= 4 is 33.7 Å². The molecule has 10 nitrogen and oxygen atoms in total. The van der Waals surface area contributed by atoms with Crippen molar-refractivity contribution in [2.45, 2.75) is 109 Å². The first-order valence-electron chi connectivity index (χ1n) is 25.2. The molecule has 2 unspecified atom stereocenters. The summed E-state index contributed by atoms with van der Waals surface area (Å²) >= 11 is 5.38. The zero-order valence-electron chi connectivity index (χ0n) is 44.8. The van der Waals surface area contributed by atoms with Crippen molar-refractivity contribution in [1.29, 1.82) is 0 Å². The van der Waals surface area contributed by atoms with Crippen molar-refractivity contribution in [3.8, 4) is 130 Å². The molecule has 5 atom stereocenters. The molecule has 0 aliphatic carbocycles. The minimum atomic E-state index is -1.62. The van der Waals surface area contributed by atoms with E-state index in [9.17, 15) is 0 Å². The second-order valence-electron chi connectivity index (χ2n) is 17.3. The predicted octanol–water partition coefficient (Wildman–Crippen LogP) is 9.00. The summed E-state index contributed by atoms with van der Waals surface area (Å²) in [5.41, 5.74) is 1.65. The minimum absolute atomic E-state index is 0.103. The Hall–Kier alpha value is -7.67. The highest BCUT2D eigenvalue weighted by molar-refractivity contribution is 7.80. The number of ether oxygens (including phenoxy) is 4. The summed E-state index contributed by atoms with van der Waals surface area (Å²) in [6.07, 6.45) is 4.59. The predicted molar refractivity (Wildman–Crippen MR) is 312 cm³/mol. The summed E-state index contributed by atoms with van der Waals surface area (Å²) in [7, 11) is 8.66. The summed E-state index contributed by atoms with van der Waals surface area (Å²) < 4.78 is 41.1. The molecule has 1 saturated heterocycles. The first-order valence-corrected chi connectivity index (χ1v) is 26.7. The van der Waals surface area contributed by atoms with Gasteiger partial charge < -0.3 is 38.2 Å². The van der Waals surface area contributed by atoms with E-state index >= 15 is 0 Å². The molecular weight excluding hydrogens is 995 g/mol. The second kappa shape index (κ2) is 36.3. The number of benzene rings is 3. The number of nitrogens with one attached hydrogen (secondary N) is 2. The van der Waals surface area contributed by atoms with Crippen molar-refractivity contribution in [2.24, 2.45) is 5.92 Å². The zero-order chi connectivity index (χ0) is 55.4. The Bertz CT molecular complexity index is 3040. The molecule has 1 aliphatic heterocycles. The van der Waals surface area contributed by atoms with Crippen molar-refractivity contribution in [3.63, 3.8) is 0 Å². The Morgan fingerprint density at radius 3 is 1.68 bits per heavy atom. The van der Waals surface area contributed by atoms with Crippen LogP contribution < -0.4 is 20.1 Å². The summed E-state index contributed by atoms with van der Waals surface area (Å²) in [6.45, 7) is 19.0. The minimum Gasteiger partial charge on any atom is -0.497 e. The van der Waals surface area contributed by atoms with E-state index in [1.807, 2.05) is 66.7 Å². The molecule has 2 radical (unpaired) electrons. The maximum atomic E-state index is 7.46. The van der Waals surface area contributed by atoms with Gasteiger partial charge in [0.1, 0.15) is 37.7 Å². The van der Waals surface area contributed by atoms with Gasteiger partial charge in [-0.2, -0.15) is 0 Å². The molecule has 1 heterocycles. The molecule has 0 spiro atoms. The van der Waals surface area contributed by atoms with Crippen LogP contribution in [0.1, 0.15) is 89.8 Å². The maximum Gasteiger partial charge on any atom is 0.259 e. The van der Waals surface area contributed by atoms with Crippen LogP contribution in [-0.2, 0) is 24.1 Å². The Labute approximate surface area is 467 Å². The Balaban J connectivity index is 1.38. The van der Waals surface area contributed by atoms with Crippen LogP contribution in [0, 0.1) is 131 Å². The largest absolute Gasteiger partial charge is 0.497 e. The van der Waals surface area contributed by atoms with Gasteiger partial charge in [0.15, 0.2) is 5.11 Å². The summed E-state index contributed by atoms with van der Waals surface area (Å²) in [6, 6.07) is 28.4. The van der Waals surface area contributed by atoms with E-state index in [4.69, 9.17) is 54.6 Å². The molecule has 4 rings (SSSR count). The molecule has 0 aromatic heterocycles. The lowest BCUT2D eigenvalue weighted by atomic mass is 9.79. The van der Waals surface area contributed by atoms with Crippen LogP contribution in [0.4, 0.5) is 0 Å². The van der Waals surface area contributed by atoms with Gasteiger partial charge in [-0.1, -0.05) is 86.2 Å². The standard InChI is InChI=1S/C64H62BN4O6PS/c1-9-10-11-12-13-14-15-16-17-18-19-20-21-22-23-24-25-28-34-47-67-63(77)68-48-35-29-26-27-33-38-59-61(75-76(73-50-49-66-6)69(52(2)3)53(4)5)60(74-62(59)65)51-72-64(54-36-31-30-32-37-54,55-39-43-57(70-7)44-40-55)56-41-45-58(71-8)46-42-56/h30-32,36-37,39-46,52-53,59-62H,26-27,29,33,35,38,48-51H2,1-5,7-8H3,(H2,67,68,77)/t59?,60-,61-,62-,76?/m1/s1. The van der Waals surface area contributed by atoms with Gasteiger partial charge in [-0.15, -0.1) is 0 Å². The number of hydrogen-bond donors (Lipinski definition) is 2. The fourth-order valence-electron chi connectivity index (χ4n) is 8.09. The summed E-state index contributed by atoms with van der Waals surface area (Å²) in [4.78, 5) is 3.56. The van der Waals surface area contributed by atoms with Crippen LogP contribution in [0.5, 0.6) is 11.5 Å². The van der Waals surface area contributed by atoms with E-state index in [0.29, 0.717) is 11.7 Å². The van der Waals surface area contributed by atoms with Gasteiger partial charge in [-0.05, 0) is 148 Å². The molecular formula is C64H62BN4O6PS. The highest BCUT2D eigenvalue weighted by atomic mass is 32.1. The fourth-order valence-corrected chi connectivity index (χ4v) is 10.0. The molecule has 388 valence electrons. The van der Waals surface area contributed by atoms with Crippen LogP contribution >= 0.6 is 20.7 Å². The van der Waals surface area contributed by atoms with E-state index < -0.39 is 32.3 Å². The van der Waals surface area contributed by atoms with Crippen LogP contribution in [0.2, 0.25) is 0 Å². The Kier molecular flexibility index (Phi) is 29.2. The SMILES string of the molecule is [B][C@@H]1O[C@H](COC(c2ccccc2)(c2ccc(OC)cc2)c2ccc(OC)cc2)[C@H](OP(OCC[N+]#[C-])N(C(C)C)C(C)C)C1CCCCCCCNC(=S)NC#CC#CC#CC#CC#CC#CC#CC#CC#CC#CC. The van der Waals surface area contributed by atoms with Crippen LogP contribution in [0.3, 0.4) is 0 Å². The highest BCUT2D eigenvalue weighted by Crippen LogP contribution is 2.51. The molecule has 0 amide bonds. The van der Waals surface area contributed by atoms with E-state index in [2.05, 4.69) is 179 Å². The van der Waals surface area contributed by atoms with E-state index in [1.54, 1.807) is 21.1 Å². The number of methoxy groups -OCH3 is 2. The lowest BCUT2D eigenvalue weighted by Gasteiger charge is -2.39. The molecule has 0 saturated carbocycles. The fraction of sp³-hybridized carbons (Fsp3) is 0.375. The first-order chi connectivity index (χ1) is 37.6. The zero-order valence-corrected chi connectivity index (χ0v) is 46.5. The van der Waals surface area contributed by atoms with Gasteiger partial charge in [0.2, 0.25) is 6.54 Å². The van der Waals surface area contributed by atoms with Gasteiger partial charge >= 0.3 is 0 Å². The number of rotatable bonds is 24. The lowest BCUT2D eigenvalue weighted by molar-refractivity contribution is -0.0717. The van der Waals surface area contributed by atoms with Gasteiger partial charge in [-0.3, -0.25) is 5.32 Å². The normalized spacial score (nSPS) is 14.9. The molecule has 3 aromatic carbocycles. The van der Waals surface area contributed by atoms with Gasteiger partial charge in [-0.25, -0.2) is 11.2 Å². The van der Waals surface area contributed by atoms with Crippen LogP contribution in [-0.4, -0.2) is 88.4 Å². The quantitative estimate of drug-likeness (QED) is 0.0133. The smallest absolute Gasteiger partial charge is 0.259 e. The maximum absolute atomic E-state index is 7.46. The number of thiocarbonyl (C=S) groups is 1. The molecule has 2 N–H and O–H groups in total. The van der Waals surface area contributed by atoms with Crippen LogP contribution in [0.15, 0.2) is 78.9 Å². The highest BCUT2D eigenvalue weighted by Gasteiger charge is 2.47. The molecule has 3 aromatic rings. The van der Waals surface area contributed by atoms with Crippen molar-refractivity contribution in [2.75, 3.05) is 40.5 Å². The first kappa shape index (κ1) is 61.9. The third-order valence-electron chi connectivity index (χ3n) is 11.5. The third-order valence-corrected chi connectivity index (χ3v) is 13.8. The lowest BCUT2D eigenvalue weighted by Crippen LogP contribution is -2.41. The average molecular weight is 1060 g/mol. The average Bonchev–Trinajstić information content (AvgIpc) is 3.75. The summed E-state index contributed by atoms with van der Waals surface area (Å²) in [5, 5.41) is 6.45. The third kappa shape index (κ3) is 21.5. The topological polar surface area (TPSA) is 87.0 Å². The number of hydrogen-bond acceptors (Lipinski definition) is 8. The Morgan fingerprint density at radius 1 is 0.701 bits per heavy atom. The molecule has 1 fully saturated rings. The number of unbranched alkanes of at least 4 members (excludes halogenated alkanes) is 4. The second-order valence-corrected chi connectivity index (χ2v) is 19.1. The van der Waals surface area contributed by atoms with Crippen LogP contribution in [0.25, 0.3) is 4.85 Å². The monoisotopic (exact) mass is 1060 g/mol. The molecule has 13 heteroatoms. The molecule has 1 aliphatic rings. The van der Waals surface area contributed by atoms with Crippen molar-refractivity contribution in [1.82, 2.24) is 15.3 Å². The Morgan fingerprint density at radius 2 is 1.18 bits per heavy atom.